The van der Waals surface area contributed by atoms with Gasteiger partial charge in [-0.05, 0) is 27.0 Å². The Morgan fingerprint density at radius 1 is 1.45 bits per heavy atom. The van der Waals surface area contributed by atoms with E-state index in [-0.39, 0.29) is 30.4 Å². The topological polar surface area (TPSA) is 95.7 Å². The molecule has 0 unspecified atom stereocenters. The predicted octanol–water partition coefficient (Wildman–Crippen LogP) is 1.24. The first-order valence-electron chi connectivity index (χ1n) is 6.13. The highest BCUT2D eigenvalue weighted by molar-refractivity contribution is 5.94. The van der Waals surface area contributed by atoms with Gasteiger partial charge in [-0.2, -0.15) is 0 Å². The fourth-order valence-corrected chi connectivity index (χ4v) is 1.48. The van der Waals surface area contributed by atoms with Gasteiger partial charge in [-0.25, -0.2) is 0 Å². The van der Waals surface area contributed by atoms with Crippen LogP contribution in [0.4, 0.5) is 11.4 Å². The van der Waals surface area contributed by atoms with Gasteiger partial charge in [0, 0.05) is 11.6 Å². The van der Waals surface area contributed by atoms with Crippen LogP contribution in [0, 0.1) is 10.1 Å². The van der Waals surface area contributed by atoms with E-state index < -0.39 is 10.5 Å². The van der Waals surface area contributed by atoms with Gasteiger partial charge < -0.3 is 10.4 Å². The number of amides is 1. The monoisotopic (exact) mass is 281 g/mol. The normalized spacial score (nSPS) is 11.4. The third kappa shape index (κ3) is 4.01. The summed E-state index contributed by atoms with van der Waals surface area (Å²) in [5, 5.41) is 22.6. The zero-order chi connectivity index (χ0) is 15.3. The molecule has 110 valence electrons. The van der Waals surface area contributed by atoms with Crippen molar-refractivity contribution in [2.75, 3.05) is 25.5 Å². The van der Waals surface area contributed by atoms with E-state index >= 15 is 0 Å². The minimum Gasteiger partial charge on any atom is -0.394 e. The fraction of sp³-hybridized carbons (Fsp3) is 0.462. The van der Waals surface area contributed by atoms with Crippen LogP contribution < -0.4 is 5.32 Å². The Morgan fingerprint density at radius 3 is 2.60 bits per heavy atom. The number of nitrogens with one attached hydrogen (secondary N) is 1. The molecule has 2 N–H and O–H groups in total. The summed E-state index contributed by atoms with van der Waals surface area (Å²) in [4.78, 5) is 23.9. The summed E-state index contributed by atoms with van der Waals surface area (Å²) in [6, 6.07) is 5.96. The number of rotatable bonds is 6. The average molecular weight is 281 g/mol. The first-order valence-corrected chi connectivity index (χ1v) is 6.13. The second-order valence-electron chi connectivity index (χ2n) is 5.15. The van der Waals surface area contributed by atoms with Crippen LogP contribution in [0.2, 0.25) is 0 Å². The number of para-hydroxylation sites is 2. The standard InChI is InChI=1S/C13H19N3O4/c1-13(2,9-17)15(3)8-12(18)14-10-6-4-5-7-11(10)16(19)20/h4-7,17H,8-9H2,1-3H3,(H,14,18). The molecular formula is C13H19N3O4. The number of anilines is 1. The molecule has 0 spiro atoms. The summed E-state index contributed by atoms with van der Waals surface area (Å²) in [6.07, 6.45) is 0. The van der Waals surface area contributed by atoms with Gasteiger partial charge in [-0.15, -0.1) is 0 Å². The smallest absolute Gasteiger partial charge is 0.292 e. The Hall–Kier alpha value is -1.99. The molecule has 0 saturated carbocycles. The highest BCUT2D eigenvalue weighted by atomic mass is 16.6. The molecule has 7 heteroatoms. The van der Waals surface area contributed by atoms with Gasteiger partial charge in [0.15, 0.2) is 0 Å². The summed E-state index contributed by atoms with van der Waals surface area (Å²) in [5.41, 5.74) is -0.525. The number of hydrogen-bond donors (Lipinski definition) is 2. The Morgan fingerprint density at radius 2 is 2.05 bits per heavy atom. The van der Waals surface area contributed by atoms with Crippen LogP contribution in [0.25, 0.3) is 0 Å². The van der Waals surface area contributed by atoms with Crippen LogP contribution in [0.3, 0.4) is 0 Å². The van der Waals surface area contributed by atoms with Crippen molar-refractivity contribution in [3.63, 3.8) is 0 Å². The van der Waals surface area contributed by atoms with Gasteiger partial charge in [0.25, 0.3) is 5.69 Å². The van der Waals surface area contributed by atoms with Gasteiger partial charge in [-0.1, -0.05) is 12.1 Å². The summed E-state index contributed by atoms with van der Waals surface area (Å²) >= 11 is 0. The molecule has 0 aliphatic heterocycles. The van der Waals surface area contributed by atoms with E-state index in [0.29, 0.717) is 0 Å². The maximum absolute atomic E-state index is 11.9. The summed E-state index contributed by atoms with van der Waals surface area (Å²) in [5.74, 6) is -0.372. The fourth-order valence-electron chi connectivity index (χ4n) is 1.48. The lowest BCUT2D eigenvalue weighted by molar-refractivity contribution is -0.383. The van der Waals surface area contributed by atoms with E-state index in [1.165, 1.54) is 18.2 Å². The Kier molecular flexibility index (Phi) is 5.18. The van der Waals surface area contributed by atoms with Crippen molar-refractivity contribution in [2.45, 2.75) is 19.4 Å². The van der Waals surface area contributed by atoms with E-state index in [1.807, 2.05) is 0 Å². The van der Waals surface area contributed by atoms with E-state index in [4.69, 9.17) is 0 Å². The molecule has 1 rings (SSSR count). The zero-order valence-electron chi connectivity index (χ0n) is 11.8. The predicted molar refractivity (Wildman–Crippen MR) is 75.5 cm³/mol. The van der Waals surface area contributed by atoms with Gasteiger partial charge >= 0.3 is 0 Å². The Bertz CT molecular complexity index is 502. The molecular weight excluding hydrogens is 262 g/mol. The summed E-state index contributed by atoms with van der Waals surface area (Å²) in [7, 11) is 1.70. The van der Waals surface area contributed by atoms with Crippen molar-refractivity contribution in [3.8, 4) is 0 Å². The third-order valence-electron chi connectivity index (χ3n) is 3.18. The van der Waals surface area contributed by atoms with Gasteiger partial charge in [-0.3, -0.25) is 19.8 Å². The highest BCUT2D eigenvalue weighted by Crippen LogP contribution is 2.23. The largest absolute Gasteiger partial charge is 0.394 e. The van der Waals surface area contributed by atoms with Crippen molar-refractivity contribution < 1.29 is 14.8 Å². The lowest BCUT2D eigenvalue weighted by atomic mass is 10.1. The number of aliphatic hydroxyl groups excluding tert-OH is 1. The van der Waals surface area contributed by atoms with Crippen LogP contribution in [-0.4, -0.2) is 46.6 Å². The quantitative estimate of drug-likeness (QED) is 0.604. The van der Waals surface area contributed by atoms with Crippen LogP contribution in [0.15, 0.2) is 24.3 Å². The SMILES string of the molecule is CN(CC(=O)Nc1ccccc1[N+](=O)[O-])C(C)(C)CO. The molecule has 0 radical (unpaired) electrons. The minimum absolute atomic E-state index is 0.0274. The van der Waals surface area contributed by atoms with Gasteiger partial charge in [0.1, 0.15) is 5.69 Å². The zero-order valence-corrected chi connectivity index (χ0v) is 11.8. The number of hydrogen-bond acceptors (Lipinski definition) is 5. The molecule has 1 aromatic rings. The van der Waals surface area contributed by atoms with Crippen LogP contribution in [-0.2, 0) is 4.79 Å². The van der Waals surface area contributed by atoms with Gasteiger partial charge in [0.2, 0.25) is 5.91 Å². The van der Waals surface area contributed by atoms with Crippen molar-refractivity contribution >= 4 is 17.3 Å². The number of carbonyl (C=O) groups excluding carboxylic acids is 1. The summed E-state index contributed by atoms with van der Waals surface area (Å²) < 4.78 is 0. The summed E-state index contributed by atoms with van der Waals surface area (Å²) in [6.45, 7) is 3.53. The van der Waals surface area contributed by atoms with E-state index in [2.05, 4.69) is 5.32 Å². The van der Waals surface area contributed by atoms with Crippen molar-refractivity contribution in [2.24, 2.45) is 0 Å². The van der Waals surface area contributed by atoms with Crippen molar-refractivity contribution in [3.05, 3.63) is 34.4 Å². The molecule has 0 aromatic heterocycles. The molecule has 0 saturated heterocycles. The van der Waals surface area contributed by atoms with Crippen LogP contribution in [0.5, 0.6) is 0 Å². The number of nitrogens with zero attached hydrogens (tertiary/aromatic N) is 2. The Labute approximate surface area is 117 Å². The molecule has 1 aromatic carbocycles. The second-order valence-corrected chi connectivity index (χ2v) is 5.15. The highest BCUT2D eigenvalue weighted by Gasteiger charge is 2.25. The average Bonchev–Trinajstić information content (AvgIpc) is 2.38. The lowest BCUT2D eigenvalue weighted by Gasteiger charge is -2.33. The van der Waals surface area contributed by atoms with Crippen LogP contribution >= 0.6 is 0 Å². The molecule has 7 nitrogen and oxygen atoms in total. The third-order valence-corrected chi connectivity index (χ3v) is 3.18. The number of nitro groups is 1. The number of likely N-dealkylation sites (N-methyl/N-ethyl adjacent to an activating group) is 1. The molecule has 1 amide bonds. The van der Waals surface area contributed by atoms with Crippen molar-refractivity contribution in [1.29, 1.82) is 0 Å². The van der Waals surface area contributed by atoms with Gasteiger partial charge in [0.05, 0.1) is 18.1 Å². The van der Waals surface area contributed by atoms with Crippen molar-refractivity contribution in [1.82, 2.24) is 4.90 Å². The van der Waals surface area contributed by atoms with Crippen LogP contribution in [0.1, 0.15) is 13.8 Å². The molecule has 20 heavy (non-hydrogen) atoms. The molecule has 0 bridgehead atoms. The Balaban J connectivity index is 2.75. The van der Waals surface area contributed by atoms with E-state index in [1.54, 1.807) is 31.9 Å². The van der Waals surface area contributed by atoms with E-state index in [0.717, 1.165) is 0 Å². The molecule has 0 atom stereocenters. The first-order chi connectivity index (χ1) is 9.27. The minimum atomic E-state index is -0.545. The lowest BCUT2D eigenvalue weighted by Crippen LogP contribution is -2.47. The number of nitro benzene ring substituents is 1. The number of benzene rings is 1. The molecule has 0 aliphatic carbocycles. The second kappa shape index (κ2) is 6.44. The van der Waals surface area contributed by atoms with E-state index in [9.17, 15) is 20.0 Å². The maximum atomic E-state index is 11.9. The number of aliphatic hydroxyl groups is 1. The first kappa shape index (κ1) is 16.1. The number of carbonyl (C=O) groups is 1. The maximum Gasteiger partial charge on any atom is 0.292 e. The molecule has 0 fully saturated rings. The molecule has 0 aliphatic rings. The molecule has 0 heterocycles.